The molecule has 1 fully saturated rings. The van der Waals surface area contributed by atoms with Crippen molar-refractivity contribution in [2.24, 2.45) is 0 Å². The van der Waals surface area contributed by atoms with Crippen LogP contribution in [0.1, 0.15) is 17.5 Å². The van der Waals surface area contributed by atoms with Gasteiger partial charge in [0.25, 0.3) is 0 Å². The molecular weight excluding hydrogens is 321 g/mol. The second-order valence-corrected chi connectivity index (χ2v) is 5.59. The first-order chi connectivity index (χ1) is 8.97. The van der Waals surface area contributed by atoms with Crippen molar-refractivity contribution in [1.29, 1.82) is 0 Å². The molecule has 0 amide bonds. The van der Waals surface area contributed by atoms with Gasteiger partial charge < -0.3 is 5.32 Å². The maximum Gasteiger partial charge on any atom is 0.416 e. The van der Waals surface area contributed by atoms with Gasteiger partial charge in [-0.2, -0.15) is 13.2 Å². The molecule has 1 N–H and O–H groups in total. The van der Waals surface area contributed by atoms with E-state index in [1.807, 2.05) is 0 Å². The first kappa shape index (κ1) is 14.8. The summed E-state index contributed by atoms with van der Waals surface area (Å²) >= 11 is 3.10. The summed E-state index contributed by atoms with van der Waals surface area (Å²) in [5.41, 5.74) is -0.198. The number of benzene rings is 1. The van der Waals surface area contributed by atoms with Crippen LogP contribution in [0.3, 0.4) is 0 Å². The van der Waals surface area contributed by atoms with E-state index >= 15 is 0 Å². The number of nitrogens with zero attached hydrogens (tertiary/aromatic N) is 1. The lowest BCUT2D eigenvalue weighted by atomic mass is 10.1. The average Bonchev–Trinajstić information content (AvgIpc) is 2.59. The second-order valence-electron chi connectivity index (χ2n) is 4.68. The highest BCUT2D eigenvalue weighted by molar-refractivity contribution is 9.10. The van der Waals surface area contributed by atoms with Gasteiger partial charge in [0, 0.05) is 24.1 Å². The molecule has 1 saturated heterocycles. The van der Waals surface area contributed by atoms with Gasteiger partial charge in [-0.3, -0.25) is 4.90 Å². The zero-order chi connectivity index (χ0) is 13.9. The van der Waals surface area contributed by atoms with Crippen LogP contribution in [-0.4, -0.2) is 31.1 Å². The lowest BCUT2D eigenvalue weighted by Gasteiger charge is -2.22. The van der Waals surface area contributed by atoms with Crippen molar-refractivity contribution in [1.82, 2.24) is 10.2 Å². The van der Waals surface area contributed by atoms with Crippen molar-refractivity contribution >= 4 is 15.9 Å². The normalized spacial score (nSPS) is 18.3. The van der Waals surface area contributed by atoms with E-state index in [0.29, 0.717) is 16.6 Å². The molecule has 2 nitrogen and oxygen atoms in total. The van der Waals surface area contributed by atoms with Crippen molar-refractivity contribution in [2.75, 3.05) is 26.2 Å². The van der Waals surface area contributed by atoms with E-state index in [2.05, 4.69) is 26.1 Å². The lowest BCUT2D eigenvalue weighted by Crippen LogP contribution is -2.28. The summed E-state index contributed by atoms with van der Waals surface area (Å²) in [7, 11) is 0. The van der Waals surface area contributed by atoms with Gasteiger partial charge in [0.2, 0.25) is 0 Å². The highest BCUT2D eigenvalue weighted by Crippen LogP contribution is 2.34. The minimum atomic E-state index is -4.30. The fourth-order valence-corrected chi connectivity index (χ4v) is 2.61. The van der Waals surface area contributed by atoms with E-state index in [0.717, 1.165) is 38.7 Å². The summed E-state index contributed by atoms with van der Waals surface area (Å²) in [5.74, 6) is 0. The van der Waals surface area contributed by atoms with Crippen LogP contribution in [0.25, 0.3) is 0 Å². The molecule has 1 heterocycles. The Balaban J connectivity index is 2.19. The van der Waals surface area contributed by atoms with E-state index in [1.165, 1.54) is 0 Å². The number of hydrogen-bond acceptors (Lipinski definition) is 2. The van der Waals surface area contributed by atoms with Gasteiger partial charge in [-0.05, 0) is 37.2 Å². The zero-order valence-corrected chi connectivity index (χ0v) is 12.0. The van der Waals surface area contributed by atoms with Gasteiger partial charge in [0.05, 0.1) is 5.56 Å². The quantitative estimate of drug-likeness (QED) is 0.891. The van der Waals surface area contributed by atoms with E-state index in [1.54, 1.807) is 12.1 Å². The molecule has 6 heteroatoms. The zero-order valence-electron chi connectivity index (χ0n) is 10.4. The van der Waals surface area contributed by atoms with Crippen LogP contribution in [-0.2, 0) is 12.7 Å². The highest BCUT2D eigenvalue weighted by atomic mass is 79.9. The van der Waals surface area contributed by atoms with Crippen LogP contribution in [0.5, 0.6) is 0 Å². The summed E-state index contributed by atoms with van der Waals surface area (Å²) < 4.78 is 39.5. The molecule has 0 radical (unpaired) electrons. The molecular formula is C13H16BrF3N2. The molecule has 1 aliphatic rings. The van der Waals surface area contributed by atoms with Gasteiger partial charge in [0.15, 0.2) is 0 Å². The van der Waals surface area contributed by atoms with E-state index in [4.69, 9.17) is 0 Å². The number of halogens is 4. The molecule has 1 aromatic rings. The topological polar surface area (TPSA) is 15.3 Å². The van der Waals surface area contributed by atoms with Crippen molar-refractivity contribution in [3.63, 3.8) is 0 Å². The molecule has 0 aromatic heterocycles. The van der Waals surface area contributed by atoms with E-state index in [-0.39, 0.29) is 0 Å². The third-order valence-electron chi connectivity index (χ3n) is 3.20. The van der Waals surface area contributed by atoms with Crippen LogP contribution >= 0.6 is 15.9 Å². The Hall–Kier alpha value is -0.590. The number of nitrogens with one attached hydrogen (secondary N) is 1. The first-order valence-electron chi connectivity index (χ1n) is 6.25. The van der Waals surface area contributed by atoms with Crippen LogP contribution in [0.2, 0.25) is 0 Å². The predicted octanol–water partition coefficient (Wildman–Crippen LogP) is 3.26. The molecule has 19 heavy (non-hydrogen) atoms. The summed E-state index contributed by atoms with van der Waals surface area (Å²) in [6, 6.07) is 4.39. The van der Waals surface area contributed by atoms with Crippen LogP contribution in [0.4, 0.5) is 13.2 Å². The monoisotopic (exact) mass is 336 g/mol. The van der Waals surface area contributed by atoms with Gasteiger partial charge in [-0.25, -0.2) is 0 Å². The summed E-state index contributed by atoms with van der Waals surface area (Å²) in [5, 5.41) is 3.25. The molecule has 0 spiro atoms. The average molecular weight is 337 g/mol. The summed E-state index contributed by atoms with van der Waals surface area (Å²) in [6.07, 6.45) is -3.33. The minimum Gasteiger partial charge on any atom is -0.315 e. The first-order valence-corrected chi connectivity index (χ1v) is 7.05. The fourth-order valence-electron chi connectivity index (χ4n) is 2.25. The van der Waals surface area contributed by atoms with Crippen LogP contribution < -0.4 is 5.32 Å². The third-order valence-corrected chi connectivity index (χ3v) is 3.70. The van der Waals surface area contributed by atoms with Gasteiger partial charge in [-0.15, -0.1) is 0 Å². The van der Waals surface area contributed by atoms with Gasteiger partial charge in [0.1, 0.15) is 0 Å². The predicted molar refractivity (Wildman–Crippen MR) is 71.9 cm³/mol. The number of hydrogen-bond donors (Lipinski definition) is 1. The Bertz CT molecular complexity index is 426. The van der Waals surface area contributed by atoms with Crippen molar-refractivity contribution < 1.29 is 13.2 Å². The fraction of sp³-hybridized carbons (Fsp3) is 0.538. The third kappa shape index (κ3) is 4.19. The SMILES string of the molecule is FC(F)(F)c1cc(Br)ccc1CN1CCCNCC1. The highest BCUT2D eigenvalue weighted by Gasteiger charge is 2.33. The number of alkyl halides is 3. The maximum atomic E-state index is 13.0. The molecule has 0 atom stereocenters. The number of rotatable bonds is 2. The molecule has 106 valence electrons. The Labute approximate surface area is 119 Å². The van der Waals surface area contributed by atoms with Gasteiger partial charge in [-0.1, -0.05) is 22.0 Å². The van der Waals surface area contributed by atoms with Crippen molar-refractivity contribution in [3.8, 4) is 0 Å². The maximum absolute atomic E-state index is 13.0. The van der Waals surface area contributed by atoms with Crippen molar-refractivity contribution in [3.05, 3.63) is 33.8 Å². The second kappa shape index (κ2) is 6.24. The molecule has 0 saturated carbocycles. The van der Waals surface area contributed by atoms with Crippen LogP contribution in [0.15, 0.2) is 22.7 Å². The van der Waals surface area contributed by atoms with E-state index in [9.17, 15) is 13.2 Å². The Morgan fingerprint density at radius 3 is 2.74 bits per heavy atom. The van der Waals surface area contributed by atoms with Crippen LogP contribution in [0, 0.1) is 0 Å². The summed E-state index contributed by atoms with van der Waals surface area (Å²) in [4.78, 5) is 2.07. The minimum absolute atomic E-state index is 0.345. The standard InChI is InChI=1S/C13H16BrF3N2/c14-11-3-2-10(12(8-11)13(15,16)17)9-19-6-1-4-18-5-7-19/h2-3,8,18H,1,4-7,9H2. The molecule has 0 bridgehead atoms. The molecule has 2 rings (SSSR count). The Morgan fingerprint density at radius 2 is 2.00 bits per heavy atom. The Kier molecular flexibility index (Phi) is 4.86. The van der Waals surface area contributed by atoms with E-state index < -0.39 is 11.7 Å². The lowest BCUT2D eigenvalue weighted by molar-refractivity contribution is -0.138. The molecule has 0 aliphatic carbocycles. The molecule has 1 aromatic carbocycles. The smallest absolute Gasteiger partial charge is 0.315 e. The van der Waals surface area contributed by atoms with Crippen molar-refractivity contribution in [2.45, 2.75) is 19.1 Å². The molecule has 1 aliphatic heterocycles. The molecule has 0 unspecified atom stereocenters. The van der Waals surface area contributed by atoms with Gasteiger partial charge >= 0.3 is 6.18 Å². The summed E-state index contributed by atoms with van der Waals surface area (Å²) in [6.45, 7) is 3.73. The Morgan fingerprint density at radius 1 is 1.21 bits per heavy atom. The largest absolute Gasteiger partial charge is 0.416 e.